The maximum atomic E-state index is 12.4. The Balaban J connectivity index is 2.22. The normalized spacial score (nSPS) is 11.5. The third kappa shape index (κ3) is 2.97. The molecule has 1 heterocycles. The first-order chi connectivity index (χ1) is 7.95. The molecule has 0 bridgehead atoms. The van der Waals surface area contributed by atoms with Crippen molar-refractivity contribution in [2.24, 2.45) is 0 Å². The van der Waals surface area contributed by atoms with Gasteiger partial charge < -0.3 is 4.74 Å². The van der Waals surface area contributed by atoms with Gasteiger partial charge in [-0.3, -0.25) is 0 Å². The molecule has 2 aromatic rings. The van der Waals surface area contributed by atoms with Crippen LogP contribution in [0.4, 0.5) is 13.2 Å². The highest BCUT2D eigenvalue weighted by molar-refractivity contribution is 7.13. The first-order valence-electron chi connectivity index (χ1n) is 4.73. The van der Waals surface area contributed by atoms with Gasteiger partial charge in [0.15, 0.2) is 0 Å². The summed E-state index contributed by atoms with van der Waals surface area (Å²) >= 11 is 1.28. The lowest BCUT2D eigenvalue weighted by atomic mass is 10.2. The highest BCUT2D eigenvalue weighted by Gasteiger charge is 2.30. The molecular formula is C11H8F3NOS. The number of alkyl halides is 3. The molecule has 6 heteroatoms. The summed E-state index contributed by atoms with van der Waals surface area (Å²) in [5.74, 6) is 0.133. The van der Waals surface area contributed by atoms with Gasteiger partial charge in [-0.2, -0.15) is 13.2 Å². The Hall–Kier alpha value is -1.56. The quantitative estimate of drug-likeness (QED) is 0.803. The van der Waals surface area contributed by atoms with Crippen molar-refractivity contribution >= 4 is 11.3 Å². The van der Waals surface area contributed by atoms with Crippen molar-refractivity contribution in [1.82, 2.24) is 4.98 Å². The van der Waals surface area contributed by atoms with Crippen LogP contribution in [0.1, 0.15) is 10.4 Å². The Morgan fingerprint density at radius 1 is 1.29 bits per heavy atom. The number of benzene rings is 1. The Morgan fingerprint density at radius 3 is 2.65 bits per heavy atom. The fraction of sp³-hybridized carbons (Fsp3) is 0.182. The molecule has 0 unspecified atom stereocenters. The third-order valence-corrected chi connectivity index (χ3v) is 2.76. The number of hydrogen-bond acceptors (Lipinski definition) is 3. The molecule has 0 radical (unpaired) electrons. The second kappa shape index (κ2) is 4.37. The molecule has 0 saturated carbocycles. The summed E-state index contributed by atoms with van der Waals surface area (Å²) in [5, 5.41) is 0.335. The molecule has 0 fully saturated rings. The van der Waals surface area contributed by atoms with Gasteiger partial charge in [0.1, 0.15) is 5.75 Å². The van der Waals surface area contributed by atoms with E-state index < -0.39 is 11.7 Å². The van der Waals surface area contributed by atoms with Gasteiger partial charge in [0.25, 0.3) is 5.19 Å². The average Bonchev–Trinajstić information content (AvgIpc) is 2.63. The van der Waals surface area contributed by atoms with Gasteiger partial charge in [0.05, 0.1) is 5.56 Å². The summed E-state index contributed by atoms with van der Waals surface area (Å²) in [6.07, 6.45) is -2.76. The van der Waals surface area contributed by atoms with Crippen LogP contribution >= 0.6 is 11.3 Å². The van der Waals surface area contributed by atoms with Gasteiger partial charge >= 0.3 is 6.18 Å². The number of hydrogen-bond donors (Lipinski definition) is 0. The van der Waals surface area contributed by atoms with E-state index >= 15 is 0 Å². The van der Waals surface area contributed by atoms with Crippen LogP contribution in [0.2, 0.25) is 0 Å². The third-order valence-electron chi connectivity index (χ3n) is 1.97. The van der Waals surface area contributed by atoms with Crippen molar-refractivity contribution in [3.8, 4) is 10.9 Å². The zero-order valence-electron chi connectivity index (χ0n) is 8.78. The number of thiazole rings is 1. The fourth-order valence-corrected chi connectivity index (χ4v) is 1.84. The standard InChI is InChI=1S/C11H8F3NOS/c1-7-6-15-10(17-7)16-9-4-2-3-8(5-9)11(12,13)14/h2-6H,1H3. The molecule has 0 N–H and O–H groups in total. The maximum absolute atomic E-state index is 12.4. The topological polar surface area (TPSA) is 22.1 Å². The molecular weight excluding hydrogens is 251 g/mol. The van der Waals surface area contributed by atoms with Crippen LogP contribution < -0.4 is 4.74 Å². The van der Waals surface area contributed by atoms with E-state index in [1.54, 1.807) is 6.20 Å². The van der Waals surface area contributed by atoms with Crippen LogP contribution in [0, 0.1) is 6.92 Å². The molecule has 1 aromatic carbocycles. The summed E-state index contributed by atoms with van der Waals surface area (Å²) in [6, 6.07) is 4.72. The Kier molecular flexibility index (Phi) is 3.06. The lowest BCUT2D eigenvalue weighted by molar-refractivity contribution is -0.137. The van der Waals surface area contributed by atoms with E-state index in [-0.39, 0.29) is 5.75 Å². The Bertz CT molecular complexity index is 521. The molecule has 1 aromatic heterocycles. The van der Waals surface area contributed by atoms with Gasteiger partial charge in [-0.05, 0) is 25.1 Å². The number of nitrogens with zero attached hydrogens (tertiary/aromatic N) is 1. The zero-order chi connectivity index (χ0) is 12.5. The molecule has 2 rings (SSSR count). The van der Waals surface area contributed by atoms with Crippen molar-refractivity contribution in [2.75, 3.05) is 0 Å². The summed E-state index contributed by atoms with van der Waals surface area (Å²) in [7, 11) is 0. The van der Waals surface area contributed by atoms with E-state index in [4.69, 9.17) is 4.74 Å². The van der Waals surface area contributed by atoms with E-state index in [1.807, 2.05) is 6.92 Å². The van der Waals surface area contributed by atoms with Crippen molar-refractivity contribution in [3.63, 3.8) is 0 Å². The maximum Gasteiger partial charge on any atom is 0.416 e. The number of aromatic nitrogens is 1. The lowest BCUT2D eigenvalue weighted by Gasteiger charge is -2.08. The van der Waals surface area contributed by atoms with E-state index in [0.717, 1.165) is 17.0 Å². The van der Waals surface area contributed by atoms with Crippen LogP contribution in [0.3, 0.4) is 0 Å². The molecule has 0 aliphatic heterocycles. The molecule has 90 valence electrons. The number of ether oxygens (including phenoxy) is 1. The van der Waals surface area contributed by atoms with Gasteiger partial charge in [0, 0.05) is 11.1 Å². The molecule has 17 heavy (non-hydrogen) atoms. The molecule has 2 nitrogen and oxygen atoms in total. The number of aryl methyl sites for hydroxylation is 1. The van der Waals surface area contributed by atoms with Gasteiger partial charge in [-0.15, -0.1) is 0 Å². The number of halogens is 3. The monoisotopic (exact) mass is 259 g/mol. The second-order valence-electron chi connectivity index (χ2n) is 3.36. The molecule has 0 spiro atoms. The first-order valence-corrected chi connectivity index (χ1v) is 5.54. The molecule has 0 atom stereocenters. The molecule has 0 amide bonds. The number of rotatable bonds is 2. The van der Waals surface area contributed by atoms with Crippen LogP contribution in [-0.4, -0.2) is 4.98 Å². The van der Waals surface area contributed by atoms with Crippen LogP contribution in [0.5, 0.6) is 10.9 Å². The predicted octanol–water partition coefficient (Wildman–Crippen LogP) is 4.26. The van der Waals surface area contributed by atoms with Crippen molar-refractivity contribution in [3.05, 3.63) is 40.9 Å². The van der Waals surface area contributed by atoms with Crippen molar-refractivity contribution in [2.45, 2.75) is 13.1 Å². The van der Waals surface area contributed by atoms with Crippen LogP contribution in [-0.2, 0) is 6.18 Å². The van der Waals surface area contributed by atoms with E-state index in [2.05, 4.69) is 4.98 Å². The van der Waals surface area contributed by atoms with Crippen LogP contribution in [0.25, 0.3) is 0 Å². The lowest BCUT2D eigenvalue weighted by Crippen LogP contribution is -2.04. The average molecular weight is 259 g/mol. The molecule has 0 aliphatic carbocycles. The Morgan fingerprint density at radius 2 is 2.06 bits per heavy atom. The van der Waals surface area contributed by atoms with Crippen molar-refractivity contribution < 1.29 is 17.9 Å². The van der Waals surface area contributed by atoms with E-state index in [1.165, 1.54) is 23.5 Å². The SMILES string of the molecule is Cc1cnc(Oc2cccc(C(F)(F)F)c2)s1. The minimum Gasteiger partial charge on any atom is -0.431 e. The first kappa shape index (κ1) is 11.9. The predicted molar refractivity (Wildman–Crippen MR) is 58.4 cm³/mol. The highest BCUT2D eigenvalue weighted by Crippen LogP contribution is 2.33. The van der Waals surface area contributed by atoms with Gasteiger partial charge in [0.2, 0.25) is 0 Å². The zero-order valence-corrected chi connectivity index (χ0v) is 9.60. The minimum absolute atomic E-state index is 0.133. The van der Waals surface area contributed by atoms with Crippen molar-refractivity contribution in [1.29, 1.82) is 0 Å². The summed E-state index contributed by atoms with van der Waals surface area (Å²) < 4.78 is 42.6. The fourth-order valence-electron chi connectivity index (χ4n) is 1.22. The highest BCUT2D eigenvalue weighted by atomic mass is 32.1. The minimum atomic E-state index is -4.36. The van der Waals surface area contributed by atoms with Crippen LogP contribution in [0.15, 0.2) is 30.5 Å². The smallest absolute Gasteiger partial charge is 0.416 e. The summed E-state index contributed by atoms with van der Waals surface area (Å²) in [6.45, 7) is 1.84. The van der Waals surface area contributed by atoms with Gasteiger partial charge in [-0.25, -0.2) is 4.98 Å². The van der Waals surface area contributed by atoms with E-state index in [0.29, 0.717) is 5.19 Å². The van der Waals surface area contributed by atoms with Gasteiger partial charge in [-0.1, -0.05) is 17.4 Å². The summed E-state index contributed by atoms with van der Waals surface area (Å²) in [4.78, 5) is 4.85. The summed E-state index contributed by atoms with van der Waals surface area (Å²) in [5.41, 5.74) is -0.733. The Labute approximate surface area is 99.7 Å². The largest absolute Gasteiger partial charge is 0.431 e. The molecule has 0 aliphatic rings. The van der Waals surface area contributed by atoms with E-state index in [9.17, 15) is 13.2 Å². The molecule has 0 saturated heterocycles. The second-order valence-corrected chi connectivity index (χ2v) is 4.56.